The van der Waals surface area contributed by atoms with E-state index in [0.29, 0.717) is 6.04 Å². The van der Waals surface area contributed by atoms with Crippen LogP contribution in [-0.4, -0.2) is 44.2 Å². The maximum Gasteiger partial charge on any atom is 0.0378 e. The van der Waals surface area contributed by atoms with Gasteiger partial charge in [0, 0.05) is 29.3 Å². The number of nitrogens with two attached hydrogens (primary N) is 1. The number of benzene rings is 1. The first kappa shape index (κ1) is 14.8. The Balaban J connectivity index is 2.15. The molecule has 1 aliphatic rings. The van der Waals surface area contributed by atoms with Crippen LogP contribution in [0.5, 0.6) is 0 Å². The number of aryl methyl sites for hydroxylation is 1. The van der Waals surface area contributed by atoms with E-state index in [1.54, 1.807) is 0 Å². The average molecular weight is 326 g/mol. The first-order valence-corrected chi connectivity index (χ1v) is 7.82. The molecule has 1 saturated heterocycles. The van der Waals surface area contributed by atoms with Crippen LogP contribution in [0.25, 0.3) is 0 Å². The topological polar surface area (TPSA) is 32.5 Å². The maximum atomic E-state index is 5.75. The highest BCUT2D eigenvalue weighted by Crippen LogP contribution is 2.25. The minimum Gasteiger partial charge on any atom is -0.370 e. The van der Waals surface area contributed by atoms with Crippen molar-refractivity contribution in [1.29, 1.82) is 0 Å². The van der Waals surface area contributed by atoms with Crippen molar-refractivity contribution in [2.24, 2.45) is 5.73 Å². The summed E-state index contributed by atoms with van der Waals surface area (Å²) in [6.45, 7) is 6.25. The van der Waals surface area contributed by atoms with Crippen molar-refractivity contribution in [2.45, 2.75) is 25.8 Å². The first-order valence-electron chi connectivity index (χ1n) is 7.03. The number of rotatable bonds is 3. The van der Waals surface area contributed by atoms with Gasteiger partial charge in [-0.15, -0.1) is 0 Å². The largest absolute Gasteiger partial charge is 0.370 e. The molecule has 3 nitrogen and oxygen atoms in total. The van der Waals surface area contributed by atoms with E-state index < -0.39 is 0 Å². The molecule has 1 unspecified atom stereocenters. The molecule has 1 aromatic carbocycles. The van der Waals surface area contributed by atoms with Crippen molar-refractivity contribution in [1.82, 2.24) is 4.90 Å². The summed E-state index contributed by atoms with van der Waals surface area (Å²) in [4.78, 5) is 4.95. The molecule has 0 aromatic heterocycles. The molecule has 1 fully saturated rings. The van der Waals surface area contributed by atoms with Crippen molar-refractivity contribution in [2.75, 3.05) is 38.1 Å². The van der Waals surface area contributed by atoms with Gasteiger partial charge in [0.25, 0.3) is 0 Å². The zero-order chi connectivity index (χ0) is 13.8. The van der Waals surface area contributed by atoms with Crippen molar-refractivity contribution >= 4 is 21.6 Å². The summed E-state index contributed by atoms with van der Waals surface area (Å²) in [5, 5.41) is 0. The molecule has 0 amide bonds. The standard InChI is InChI=1S/C15H24BrN3/c1-12-4-5-13(10-15(12)16)19-9-3-8-18(2)14(11-19)6-7-17/h4-5,10,14H,3,6-9,11,17H2,1-2H3. The smallest absolute Gasteiger partial charge is 0.0378 e. The molecule has 0 radical (unpaired) electrons. The van der Waals surface area contributed by atoms with Gasteiger partial charge in [-0.3, -0.25) is 0 Å². The Morgan fingerprint density at radius 1 is 1.37 bits per heavy atom. The van der Waals surface area contributed by atoms with E-state index in [1.165, 1.54) is 22.1 Å². The van der Waals surface area contributed by atoms with Gasteiger partial charge in [-0.25, -0.2) is 0 Å². The van der Waals surface area contributed by atoms with Gasteiger partial charge in [0.15, 0.2) is 0 Å². The Kier molecular flexibility index (Phi) is 5.25. The van der Waals surface area contributed by atoms with E-state index in [-0.39, 0.29) is 0 Å². The van der Waals surface area contributed by atoms with Crippen molar-refractivity contribution in [3.8, 4) is 0 Å². The highest BCUT2D eigenvalue weighted by Gasteiger charge is 2.22. The minimum absolute atomic E-state index is 0.563. The summed E-state index contributed by atoms with van der Waals surface area (Å²) in [6.07, 6.45) is 2.28. The zero-order valence-electron chi connectivity index (χ0n) is 11.9. The van der Waals surface area contributed by atoms with Gasteiger partial charge in [0.2, 0.25) is 0 Å². The number of nitrogens with zero attached hydrogens (tertiary/aromatic N) is 2. The average Bonchev–Trinajstić information content (AvgIpc) is 2.56. The van der Waals surface area contributed by atoms with Gasteiger partial charge in [0.05, 0.1) is 0 Å². The number of hydrogen-bond donors (Lipinski definition) is 1. The van der Waals surface area contributed by atoms with Gasteiger partial charge in [0.1, 0.15) is 0 Å². The van der Waals surface area contributed by atoms with Crippen molar-refractivity contribution in [3.63, 3.8) is 0 Å². The quantitative estimate of drug-likeness (QED) is 0.927. The summed E-state index contributed by atoms with van der Waals surface area (Å²) in [5.74, 6) is 0. The Labute approximate surface area is 124 Å². The van der Waals surface area contributed by atoms with Crippen LogP contribution in [0.3, 0.4) is 0 Å². The normalized spacial score (nSPS) is 21.5. The SMILES string of the molecule is Cc1ccc(N2CCCN(C)C(CCN)C2)cc1Br. The molecule has 4 heteroatoms. The van der Waals surface area contributed by atoms with Crippen LogP contribution in [-0.2, 0) is 0 Å². The van der Waals surface area contributed by atoms with E-state index in [0.717, 1.165) is 32.6 Å². The highest BCUT2D eigenvalue weighted by atomic mass is 79.9. The molecule has 1 heterocycles. The second kappa shape index (κ2) is 6.73. The fourth-order valence-corrected chi connectivity index (χ4v) is 3.06. The van der Waals surface area contributed by atoms with Gasteiger partial charge < -0.3 is 15.5 Å². The number of likely N-dealkylation sites (N-methyl/N-ethyl adjacent to an activating group) is 1. The number of halogens is 1. The highest BCUT2D eigenvalue weighted by molar-refractivity contribution is 9.10. The van der Waals surface area contributed by atoms with Crippen LogP contribution in [0.15, 0.2) is 22.7 Å². The molecule has 0 saturated carbocycles. The lowest BCUT2D eigenvalue weighted by Gasteiger charge is -2.30. The molecule has 0 aliphatic carbocycles. The lowest BCUT2D eigenvalue weighted by atomic mass is 10.1. The Morgan fingerprint density at radius 2 is 2.16 bits per heavy atom. The molecule has 1 aromatic rings. The summed E-state index contributed by atoms with van der Waals surface area (Å²) in [6, 6.07) is 7.21. The van der Waals surface area contributed by atoms with Crippen LogP contribution in [0.2, 0.25) is 0 Å². The molecule has 2 rings (SSSR count). The summed E-state index contributed by atoms with van der Waals surface area (Å²) in [5.41, 5.74) is 8.35. The first-order chi connectivity index (χ1) is 9.11. The molecule has 2 N–H and O–H groups in total. The van der Waals surface area contributed by atoms with Crippen molar-refractivity contribution < 1.29 is 0 Å². The van der Waals surface area contributed by atoms with Gasteiger partial charge in [-0.1, -0.05) is 22.0 Å². The molecule has 106 valence electrons. The fraction of sp³-hybridized carbons (Fsp3) is 0.600. The predicted octanol–water partition coefficient (Wildman–Crippen LogP) is 2.62. The second-order valence-electron chi connectivity index (χ2n) is 5.44. The maximum absolute atomic E-state index is 5.75. The Bertz CT molecular complexity index is 422. The van der Waals surface area contributed by atoms with E-state index >= 15 is 0 Å². The van der Waals surface area contributed by atoms with Crippen LogP contribution >= 0.6 is 15.9 Å². The molecule has 0 bridgehead atoms. The van der Waals surface area contributed by atoms with Crippen LogP contribution in [0.4, 0.5) is 5.69 Å². The summed E-state index contributed by atoms with van der Waals surface area (Å²) < 4.78 is 1.19. The Hall–Kier alpha value is -0.580. The van der Waals surface area contributed by atoms with Crippen LogP contribution < -0.4 is 10.6 Å². The van der Waals surface area contributed by atoms with Gasteiger partial charge >= 0.3 is 0 Å². The minimum atomic E-state index is 0.563. The third-order valence-corrected chi connectivity index (χ3v) is 4.87. The molecule has 1 atom stereocenters. The lowest BCUT2D eigenvalue weighted by Crippen LogP contribution is -2.40. The second-order valence-corrected chi connectivity index (χ2v) is 6.30. The molecule has 19 heavy (non-hydrogen) atoms. The summed E-state index contributed by atoms with van der Waals surface area (Å²) >= 11 is 3.63. The van der Waals surface area contributed by atoms with E-state index in [2.05, 4.69) is 57.9 Å². The molecular formula is C15H24BrN3. The zero-order valence-corrected chi connectivity index (χ0v) is 13.5. The third kappa shape index (κ3) is 3.71. The molecule has 1 aliphatic heterocycles. The monoisotopic (exact) mass is 325 g/mol. The number of anilines is 1. The van der Waals surface area contributed by atoms with E-state index in [4.69, 9.17) is 5.73 Å². The van der Waals surface area contributed by atoms with Crippen molar-refractivity contribution in [3.05, 3.63) is 28.2 Å². The van der Waals surface area contributed by atoms with Crippen LogP contribution in [0, 0.1) is 6.92 Å². The fourth-order valence-electron chi connectivity index (χ4n) is 2.70. The lowest BCUT2D eigenvalue weighted by molar-refractivity contribution is 0.251. The number of hydrogen-bond acceptors (Lipinski definition) is 3. The Morgan fingerprint density at radius 3 is 2.84 bits per heavy atom. The molecule has 0 spiro atoms. The van der Waals surface area contributed by atoms with Crippen LogP contribution in [0.1, 0.15) is 18.4 Å². The van der Waals surface area contributed by atoms with E-state index in [1.807, 2.05) is 0 Å². The van der Waals surface area contributed by atoms with Gasteiger partial charge in [-0.05, 0) is 57.6 Å². The van der Waals surface area contributed by atoms with E-state index in [9.17, 15) is 0 Å². The third-order valence-electron chi connectivity index (χ3n) is 4.01. The summed E-state index contributed by atoms with van der Waals surface area (Å²) in [7, 11) is 2.22. The predicted molar refractivity (Wildman–Crippen MR) is 85.8 cm³/mol. The molecular weight excluding hydrogens is 302 g/mol. The van der Waals surface area contributed by atoms with Gasteiger partial charge in [-0.2, -0.15) is 0 Å².